The summed E-state index contributed by atoms with van der Waals surface area (Å²) < 4.78 is 24.8. The second kappa shape index (κ2) is 9.84. The Balaban J connectivity index is 1.75. The fraction of sp³-hybridized carbons (Fsp3) is 0.0556. The number of aryl methyl sites for hydroxylation is 1. The van der Waals surface area contributed by atoms with Crippen LogP contribution in [-0.4, -0.2) is 34.1 Å². The number of sulfonamides is 1. The Kier molecular flexibility index (Phi) is 6.93. The Labute approximate surface area is 191 Å². The van der Waals surface area contributed by atoms with Crippen LogP contribution in [0.1, 0.15) is 15.9 Å². The molecular formula is C18H16N8O7S. The van der Waals surface area contributed by atoms with Gasteiger partial charge in [0.2, 0.25) is 11.6 Å². The number of anilines is 2. The molecule has 3 aromatic rings. The van der Waals surface area contributed by atoms with Gasteiger partial charge in [-0.1, -0.05) is 17.7 Å². The number of rotatable bonds is 9. The maximum atomic E-state index is 12.4. The second-order valence-corrected chi connectivity index (χ2v) is 8.29. The molecule has 4 N–H and O–H groups in total. The van der Waals surface area contributed by atoms with E-state index in [0.717, 1.165) is 24.0 Å². The molecule has 1 heterocycles. The molecule has 34 heavy (non-hydrogen) atoms. The summed E-state index contributed by atoms with van der Waals surface area (Å²) in [5, 5.41) is 22.3. The van der Waals surface area contributed by atoms with Crippen molar-refractivity contribution in [2.45, 2.75) is 11.8 Å². The van der Waals surface area contributed by atoms with Crippen molar-refractivity contribution in [2.75, 3.05) is 10.9 Å². The van der Waals surface area contributed by atoms with Crippen molar-refractivity contribution < 1.29 is 23.1 Å². The monoisotopic (exact) mass is 488 g/mol. The first-order chi connectivity index (χ1) is 16.1. The number of benzene rings is 2. The van der Waals surface area contributed by atoms with Crippen LogP contribution in [0.3, 0.4) is 0 Å². The smallest absolute Gasteiger partial charge is 0.286 e. The average Bonchev–Trinajstić information content (AvgIpc) is 2.81. The third-order valence-electron chi connectivity index (χ3n) is 4.27. The molecule has 0 bridgehead atoms. The molecule has 3 rings (SSSR count). The van der Waals surface area contributed by atoms with E-state index in [-0.39, 0.29) is 16.1 Å². The fourth-order valence-electron chi connectivity index (χ4n) is 2.55. The zero-order valence-corrected chi connectivity index (χ0v) is 18.1. The molecule has 1 amide bonds. The molecule has 1 aromatic heterocycles. The van der Waals surface area contributed by atoms with E-state index < -0.39 is 43.1 Å². The van der Waals surface area contributed by atoms with Crippen LogP contribution in [0.15, 0.2) is 59.8 Å². The van der Waals surface area contributed by atoms with Crippen LogP contribution >= 0.6 is 0 Å². The van der Waals surface area contributed by atoms with Gasteiger partial charge in [0, 0.05) is 17.7 Å². The predicted octanol–water partition coefficient (Wildman–Crippen LogP) is 1.66. The summed E-state index contributed by atoms with van der Waals surface area (Å²) in [7, 11) is -4.08. The van der Waals surface area contributed by atoms with Crippen molar-refractivity contribution in [3.8, 4) is 0 Å². The predicted molar refractivity (Wildman–Crippen MR) is 118 cm³/mol. The molecule has 0 fully saturated rings. The fourth-order valence-corrected chi connectivity index (χ4v) is 3.39. The first-order valence-corrected chi connectivity index (χ1v) is 10.7. The number of aromatic nitrogens is 2. The van der Waals surface area contributed by atoms with Gasteiger partial charge in [-0.15, -0.1) is 4.83 Å². The Bertz CT molecular complexity index is 1350. The van der Waals surface area contributed by atoms with Crippen molar-refractivity contribution in [1.82, 2.24) is 20.2 Å². The number of hydrogen-bond donors (Lipinski definition) is 4. The van der Waals surface area contributed by atoms with Gasteiger partial charge in [0.1, 0.15) is 6.33 Å². The lowest BCUT2D eigenvalue weighted by molar-refractivity contribution is -0.384. The van der Waals surface area contributed by atoms with Crippen LogP contribution in [0.2, 0.25) is 0 Å². The highest BCUT2D eigenvalue weighted by Crippen LogP contribution is 2.28. The van der Waals surface area contributed by atoms with Gasteiger partial charge < -0.3 is 0 Å². The van der Waals surface area contributed by atoms with E-state index in [9.17, 15) is 33.4 Å². The quantitative estimate of drug-likeness (QED) is 0.251. The largest absolute Gasteiger partial charge is 0.356 e. The second-order valence-electron chi connectivity index (χ2n) is 6.60. The molecule has 0 aliphatic carbocycles. The molecule has 2 aromatic carbocycles. The van der Waals surface area contributed by atoms with Gasteiger partial charge in [0.05, 0.1) is 14.7 Å². The highest BCUT2D eigenvalue weighted by molar-refractivity contribution is 7.89. The van der Waals surface area contributed by atoms with Gasteiger partial charge >= 0.3 is 5.69 Å². The number of hydrogen-bond acceptors (Lipinski definition) is 11. The summed E-state index contributed by atoms with van der Waals surface area (Å²) in [6, 6.07) is 10.5. The number of carbonyl (C=O) groups excluding carboxylic acids is 1. The zero-order chi connectivity index (χ0) is 24.9. The van der Waals surface area contributed by atoms with Crippen LogP contribution in [0.4, 0.5) is 23.0 Å². The van der Waals surface area contributed by atoms with E-state index in [2.05, 4.69) is 26.2 Å². The first kappa shape index (κ1) is 24.0. The van der Waals surface area contributed by atoms with Gasteiger partial charge in [-0.2, -0.15) is 0 Å². The number of non-ortho nitro benzene ring substituents is 1. The standard InChI is InChI=1S/C18H16N8O7S/c1-11-2-8-14(9-3-11)34(32,33)24-22-17-15(26(30)31)16(19-10-20-17)21-23-18(27)12-4-6-13(7-5-12)25(28)29/h2-10,24H,1H3,(H,23,27)(H2,19,20,21,22). The Morgan fingerprint density at radius 3 is 2.03 bits per heavy atom. The molecule has 176 valence electrons. The van der Waals surface area contributed by atoms with Crippen molar-refractivity contribution in [3.05, 3.63) is 86.2 Å². The van der Waals surface area contributed by atoms with Crippen LogP contribution in [0.5, 0.6) is 0 Å². The summed E-state index contributed by atoms with van der Waals surface area (Å²) >= 11 is 0. The third-order valence-corrected chi connectivity index (χ3v) is 5.54. The van der Waals surface area contributed by atoms with Crippen LogP contribution in [0, 0.1) is 27.2 Å². The first-order valence-electron chi connectivity index (χ1n) is 9.23. The van der Waals surface area contributed by atoms with Crippen LogP contribution < -0.4 is 21.1 Å². The van der Waals surface area contributed by atoms with E-state index in [4.69, 9.17) is 0 Å². The maximum Gasteiger partial charge on any atom is 0.356 e. The van der Waals surface area contributed by atoms with Crippen molar-refractivity contribution in [3.63, 3.8) is 0 Å². The van der Waals surface area contributed by atoms with Gasteiger partial charge in [0.25, 0.3) is 21.6 Å². The minimum absolute atomic E-state index is 0.0269. The topological polar surface area (TPSA) is 211 Å². The SMILES string of the molecule is Cc1ccc(S(=O)(=O)NNc2ncnc(NNC(=O)c3ccc([N+](=O)[O-])cc3)c2[N+](=O)[O-])cc1. The molecule has 0 unspecified atom stereocenters. The normalized spacial score (nSPS) is 10.9. The molecule has 0 saturated heterocycles. The summed E-state index contributed by atoms with van der Waals surface area (Å²) in [4.78, 5) is 42.3. The minimum atomic E-state index is -4.08. The van der Waals surface area contributed by atoms with Gasteiger partial charge in [-0.3, -0.25) is 41.3 Å². The highest BCUT2D eigenvalue weighted by atomic mass is 32.2. The van der Waals surface area contributed by atoms with Crippen molar-refractivity contribution in [2.24, 2.45) is 0 Å². The molecule has 16 heteroatoms. The molecule has 0 spiro atoms. The van der Waals surface area contributed by atoms with Crippen LogP contribution in [-0.2, 0) is 10.0 Å². The summed E-state index contributed by atoms with van der Waals surface area (Å²) in [6.07, 6.45) is 0.899. The van der Waals surface area contributed by atoms with Gasteiger partial charge in [0.15, 0.2) is 0 Å². The van der Waals surface area contributed by atoms with Crippen LogP contribution in [0.25, 0.3) is 0 Å². The molecule has 0 atom stereocenters. The Morgan fingerprint density at radius 2 is 1.47 bits per heavy atom. The lowest BCUT2D eigenvalue weighted by Gasteiger charge is -2.12. The molecular weight excluding hydrogens is 472 g/mol. The van der Waals surface area contributed by atoms with Gasteiger partial charge in [-0.05, 0) is 31.2 Å². The molecule has 0 aliphatic rings. The lowest BCUT2D eigenvalue weighted by atomic mass is 10.2. The Morgan fingerprint density at radius 1 is 0.882 bits per heavy atom. The van der Waals surface area contributed by atoms with E-state index in [1.165, 1.54) is 24.3 Å². The van der Waals surface area contributed by atoms with Gasteiger partial charge in [-0.25, -0.2) is 18.4 Å². The van der Waals surface area contributed by atoms with E-state index in [1.807, 2.05) is 4.83 Å². The number of nitro benzene ring substituents is 1. The summed E-state index contributed by atoms with van der Waals surface area (Å²) in [6.45, 7) is 1.78. The van der Waals surface area contributed by atoms with Crippen molar-refractivity contribution >= 4 is 38.9 Å². The molecule has 0 saturated carbocycles. The Hall–Kier alpha value is -4.70. The number of nitrogens with one attached hydrogen (secondary N) is 4. The molecule has 15 nitrogen and oxygen atoms in total. The summed E-state index contributed by atoms with van der Waals surface area (Å²) in [5.74, 6) is -1.72. The minimum Gasteiger partial charge on any atom is -0.286 e. The lowest BCUT2D eigenvalue weighted by Crippen LogP contribution is -2.32. The maximum absolute atomic E-state index is 12.4. The number of nitrogens with zero attached hydrogens (tertiary/aromatic N) is 4. The zero-order valence-electron chi connectivity index (χ0n) is 17.3. The number of nitro groups is 2. The molecule has 0 radical (unpaired) electrons. The number of carbonyl (C=O) groups is 1. The third kappa shape index (κ3) is 5.56. The van der Waals surface area contributed by atoms with E-state index in [0.29, 0.717) is 0 Å². The van der Waals surface area contributed by atoms with E-state index in [1.54, 1.807) is 19.1 Å². The summed E-state index contributed by atoms with van der Waals surface area (Å²) in [5.41, 5.74) is 6.49. The number of amides is 1. The average molecular weight is 488 g/mol. The van der Waals surface area contributed by atoms with E-state index >= 15 is 0 Å². The van der Waals surface area contributed by atoms with Crippen molar-refractivity contribution in [1.29, 1.82) is 0 Å². The molecule has 0 aliphatic heterocycles. The number of hydrazine groups is 2. The highest BCUT2D eigenvalue weighted by Gasteiger charge is 2.25.